The Kier molecular flexibility index (Phi) is 4.30. The van der Waals surface area contributed by atoms with Crippen LogP contribution in [0, 0.1) is 13.8 Å². The number of aromatic nitrogens is 4. The highest BCUT2D eigenvalue weighted by molar-refractivity contribution is 7.99. The van der Waals surface area contributed by atoms with Crippen molar-refractivity contribution in [2.45, 2.75) is 50.2 Å². The van der Waals surface area contributed by atoms with Crippen LogP contribution < -0.4 is 0 Å². The summed E-state index contributed by atoms with van der Waals surface area (Å²) in [4.78, 5) is 17.5. The summed E-state index contributed by atoms with van der Waals surface area (Å²) in [7, 11) is 0. The van der Waals surface area contributed by atoms with Crippen LogP contribution in [0.5, 0.6) is 0 Å². The van der Waals surface area contributed by atoms with Gasteiger partial charge in [0, 0.05) is 23.4 Å². The van der Waals surface area contributed by atoms with Gasteiger partial charge in [-0.15, -0.1) is 0 Å². The number of rotatable bonds is 2. The minimum atomic E-state index is -0.152. The highest BCUT2D eigenvalue weighted by Crippen LogP contribution is 2.31. The Bertz CT molecular complexity index is 620. The number of nitrogens with zero attached hydrogens (tertiary/aromatic N) is 4. The second kappa shape index (κ2) is 5.66. The molecule has 0 radical (unpaired) electrons. The van der Waals surface area contributed by atoms with Gasteiger partial charge in [-0.2, -0.15) is 0 Å². The Morgan fingerprint density at radius 3 is 2.20 bits per heavy atom. The van der Waals surface area contributed by atoms with E-state index in [0.717, 1.165) is 22.0 Å². The van der Waals surface area contributed by atoms with E-state index in [1.807, 2.05) is 13.8 Å². The smallest absolute Gasteiger partial charge is 0.193 e. The molecule has 0 saturated carbocycles. The largest absolute Gasteiger partial charge is 0.231 e. The Morgan fingerprint density at radius 1 is 1.05 bits per heavy atom. The lowest BCUT2D eigenvalue weighted by Gasteiger charge is -2.18. The molecule has 0 spiro atoms. The third kappa shape index (κ3) is 3.46. The molecule has 4 nitrogen and oxygen atoms in total. The van der Waals surface area contributed by atoms with Crippen molar-refractivity contribution in [3.05, 3.63) is 34.5 Å². The molecular formula is C14H17ClN4S. The molecular weight excluding hydrogens is 292 g/mol. The maximum atomic E-state index is 6.21. The van der Waals surface area contributed by atoms with Gasteiger partial charge in [0.1, 0.15) is 16.0 Å². The normalized spacial score (nSPS) is 11.7. The minimum absolute atomic E-state index is 0.152. The fourth-order valence-electron chi connectivity index (χ4n) is 1.42. The monoisotopic (exact) mass is 308 g/mol. The second-order valence-electron chi connectivity index (χ2n) is 5.66. The van der Waals surface area contributed by atoms with Gasteiger partial charge in [-0.3, -0.25) is 0 Å². The molecule has 0 fully saturated rings. The summed E-state index contributed by atoms with van der Waals surface area (Å²) in [6.07, 6.45) is 3.58. The predicted molar refractivity (Wildman–Crippen MR) is 81.4 cm³/mol. The molecule has 6 heteroatoms. The summed E-state index contributed by atoms with van der Waals surface area (Å²) < 4.78 is 0. The van der Waals surface area contributed by atoms with Gasteiger partial charge in [0.25, 0.3) is 0 Å². The summed E-state index contributed by atoms with van der Waals surface area (Å²) in [5, 5.41) is 1.95. The summed E-state index contributed by atoms with van der Waals surface area (Å²) in [5.41, 5.74) is 1.73. The summed E-state index contributed by atoms with van der Waals surface area (Å²) >= 11 is 7.62. The third-order valence-electron chi connectivity index (χ3n) is 2.66. The van der Waals surface area contributed by atoms with Crippen LogP contribution in [0.25, 0.3) is 0 Å². The lowest BCUT2D eigenvalue weighted by molar-refractivity contribution is 0.537. The molecule has 2 rings (SSSR count). The van der Waals surface area contributed by atoms with E-state index in [4.69, 9.17) is 11.6 Å². The van der Waals surface area contributed by atoms with Crippen molar-refractivity contribution in [3.8, 4) is 0 Å². The van der Waals surface area contributed by atoms with Gasteiger partial charge in [0.15, 0.2) is 5.16 Å². The summed E-state index contributed by atoms with van der Waals surface area (Å²) in [6.45, 7) is 10.0. The first-order valence-corrected chi connectivity index (χ1v) is 7.48. The highest BCUT2D eigenvalue weighted by atomic mass is 35.5. The molecule has 0 amide bonds. The Labute approximate surface area is 128 Å². The van der Waals surface area contributed by atoms with Crippen LogP contribution in [0.1, 0.15) is 37.7 Å². The van der Waals surface area contributed by atoms with E-state index < -0.39 is 0 Å². The first-order chi connectivity index (χ1) is 9.27. The summed E-state index contributed by atoms with van der Waals surface area (Å²) in [5.74, 6) is 0.725. The van der Waals surface area contributed by atoms with E-state index in [1.54, 1.807) is 12.4 Å². The fourth-order valence-corrected chi connectivity index (χ4v) is 2.42. The van der Waals surface area contributed by atoms with Gasteiger partial charge in [0.2, 0.25) is 0 Å². The van der Waals surface area contributed by atoms with Crippen LogP contribution in [-0.2, 0) is 5.41 Å². The Hall–Kier alpha value is -1.20. The predicted octanol–water partition coefficient (Wildman–Crippen LogP) is 3.99. The minimum Gasteiger partial charge on any atom is -0.231 e. The molecule has 0 atom stereocenters. The Balaban J connectivity index is 2.40. The third-order valence-corrected chi connectivity index (χ3v) is 4.01. The fraction of sp³-hybridized carbons (Fsp3) is 0.429. The SMILES string of the molecule is Cc1cnc(Sc2nc(C(C)(C)C)nc(Cl)c2C)nc1. The molecule has 0 aliphatic carbocycles. The zero-order chi connectivity index (χ0) is 14.9. The number of halogens is 1. The molecule has 0 saturated heterocycles. The van der Waals surface area contributed by atoms with Gasteiger partial charge in [0.05, 0.1) is 0 Å². The molecule has 0 aliphatic heterocycles. The zero-order valence-corrected chi connectivity index (χ0v) is 13.8. The van der Waals surface area contributed by atoms with Crippen LogP contribution in [0.3, 0.4) is 0 Å². The van der Waals surface area contributed by atoms with Gasteiger partial charge >= 0.3 is 0 Å². The maximum Gasteiger partial charge on any atom is 0.193 e. The van der Waals surface area contributed by atoms with Crippen LogP contribution in [0.15, 0.2) is 22.6 Å². The maximum absolute atomic E-state index is 6.21. The lowest BCUT2D eigenvalue weighted by atomic mass is 9.96. The van der Waals surface area contributed by atoms with Crippen molar-refractivity contribution in [1.29, 1.82) is 0 Å². The van der Waals surface area contributed by atoms with Gasteiger partial charge in [-0.25, -0.2) is 19.9 Å². The molecule has 2 aromatic heterocycles. The molecule has 106 valence electrons. The topological polar surface area (TPSA) is 51.6 Å². The molecule has 0 aliphatic rings. The van der Waals surface area contributed by atoms with Crippen molar-refractivity contribution in [2.24, 2.45) is 0 Å². The van der Waals surface area contributed by atoms with Gasteiger partial charge in [-0.1, -0.05) is 32.4 Å². The van der Waals surface area contributed by atoms with E-state index >= 15 is 0 Å². The molecule has 0 aromatic carbocycles. The van der Waals surface area contributed by atoms with E-state index in [2.05, 4.69) is 40.7 Å². The number of aryl methyl sites for hydroxylation is 1. The molecule has 20 heavy (non-hydrogen) atoms. The van der Waals surface area contributed by atoms with Crippen molar-refractivity contribution < 1.29 is 0 Å². The van der Waals surface area contributed by atoms with Crippen molar-refractivity contribution in [2.75, 3.05) is 0 Å². The van der Waals surface area contributed by atoms with E-state index in [1.165, 1.54) is 11.8 Å². The van der Waals surface area contributed by atoms with Crippen LogP contribution >= 0.6 is 23.4 Å². The molecule has 2 aromatic rings. The van der Waals surface area contributed by atoms with Crippen LogP contribution in [0.2, 0.25) is 5.15 Å². The van der Waals surface area contributed by atoms with Gasteiger partial charge < -0.3 is 0 Å². The number of hydrogen-bond acceptors (Lipinski definition) is 5. The van der Waals surface area contributed by atoms with E-state index in [0.29, 0.717) is 10.3 Å². The average Bonchev–Trinajstić information content (AvgIpc) is 2.36. The molecule has 0 N–H and O–H groups in total. The standard InChI is InChI=1S/C14H17ClN4S/c1-8-6-16-13(17-7-8)20-11-9(2)10(15)18-12(19-11)14(3,4)5/h6-7H,1-5H3. The van der Waals surface area contributed by atoms with E-state index in [-0.39, 0.29) is 5.41 Å². The van der Waals surface area contributed by atoms with Crippen LogP contribution in [-0.4, -0.2) is 19.9 Å². The molecule has 0 bridgehead atoms. The Morgan fingerprint density at radius 2 is 1.65 bits per heavy atom. The molecule has 2 heterocycles. The van der Waals surface area contributed by atoms with Crippen molar-refractivity contribution in [1.82, 2.24) is 19.9 Å². The summed E-state index contributed by atoms with van der Waals surface area (Å²) in [6, 6.07) is 0. The zero-order valence-electron chi connectivity index (χ0n) is 12.2. The second-order valence-corrected chi connectivity index (χ2v) is 6.98. The van der Waals surface area contributed by atoms with Crippen molar-refractivity contribution >= 4 is 23.4 Å². The highest BCUT2D eigenvalue weighted by Gasteiger charge is 2.21. The van der Waals surface area contributed by atoms with E-state index in [9.17, 15) is 0 Å². The lowest BCUT2D eigenvalue weighted by Crippen LogP contribution is -2.17. The number of hydrogen-bond donors (Lipinski definition) is 0. The van der Waals surface area contributed by atoms with Crippen molar-refractivity contribution in [3.63, 3.8) is 0 Å². The first kappa shape index (κ1) is 15.2. The quantitative estimate of drug-likeness (QED) is 0.620. The molecule has 0 unspecified atom stereocenters. The average molecular weight is 309 g/mol. The van der Waals surface area contributed by atoms with Crippen LogP contribution in [0.4, 0.5) is 0 Å². The first-order valence-electron chi connectivity index (χ1n) is 6.28. The van der Waals surface area contributed by atoms with Gasteiger partial charge in [-0.05, 0) is 31.2 Å².